The summed E-state index contributed by atoms with van der Waals surface area (Å²) in [7, 11) is 0. The van der Waals surface area contributed by atoms with Crippen molar-refractivity contribution in [1.29, 1.82) is 0 Å². The molecule has 0 saturated heterocycles. The number of rotatable bonds is 2. The molecule has 0 aliphatic heterocycles. The van der Waals surface area contributed by atoms with Crippen LogP contribution < -0.4 is 5.73 Å². The molecule has 0 fully saturated rings. The fourth-order valence-corrected chi connectivity index (χ4v) is 1.29. The van der Waals surface area contributed by atoms with E-state index in [-0.39, 0.29) is 6.04 Å². The normalized spacial score (nSPS) is 12.7. The lowest BCUT2D eigenvalue weighted by Gasteiger charge is -2.07. The van der Waals surface area contributed by atoms with Crippen molar-refractivity contribution < 1.29 is 0 Å². The van der Waals surface area contributed by atoms with Gasteiger partial charge in [-0.1, -0.05) is 12.1 Å². The molecule has 2 N–H and O–H groups in total. The highest BCUT2D eigenvalue weighted by Gasteiger charge is 2.01. The Morgan fingerprint density at radius 3 is 2.93 bits per heavy atom. The van der Waals surface area contributed by atoms with Gasteiger partial charge in [-0.25, -0.2) is 9.67 Å². The minimum Gasteiger partial charge on any atom is -0.324 e. The summed E-state index contributed by atoms with van der Waals surface area (Å²) in [5, 5.41) is 4.05. The van der Waals surface area contributed by atoms with E-state index >= 15 is 0 Å². The fourth-order valence-electron chi connectivity index (χ4n) is 1.29. The van der Waals surface area contributed by atoms with Crippen molar-refractivity contribution in [3.8, 4) is 5.69 Å². The van der Waals surface area contributed by atoms with E-state index in [4.69, 9.17) is 5.73 Å². The quantitative estimate of drug-likeness (QED) is 0.772. The van der Waals surface area contributed by atoms with Gasteiger partial charge in [-0.2, -0.15) is 5.10 Å². The monoisotopic (exact) mass is 188 g/mol. The van der Waals surface area contributed by atoms with Crippen LogP contribution in [-0.2, 0) is 0 Å². The number of benzene rings is 1. The highest BCUT2D eigenvalue weighted by Crippen LogP contribution is 2.13. The van der Waals surface area contributed by atoms with Crippen molar-refractivity contribution in [2.75, 3.05) is 0 Å². The van der Waals surface area contributed by atoms with Crippen LogP contribution in [0.5, 0.6) is 0 Å². The second kappa shape index (κ2) is 3.59. The van der Waals surface area contributed by atoms with Gasteiger partial charge in [0.25, 0.3) is 0 Å². The van der Waals surface area contributed by atoms with Gasteiger partial charge in [0.15, 0.2) is 0 Å². The Labute approximate surface area is 82.4 Å². The first-order valence-corrected chi connectivity index (χ1v) is 4.48. The van der Waals surface area contributed by atoms with Gasteiger partial charge in [-0.3, -0.25) is 0 Å². The number of nitrogens with two attached hydrogens (primary N) is 1. The maximum atomic E-state index is 5.79. The first-order chi connectivity index (χ1) is 6.77. The first-order valence-electron chi connectivity index (χ1n) is 4.48. The molecule has 1 atom stereocenters. The van der Waals surface area contributed by atoms with Crippen molar-refractivity contribution >= 4 is 0 Å². The molecule has 0 aliphatic rings. The van der Waals surface area contributed by atoms with Gasteiger partial charge in [0.05, 0.1) is 5.69 Å². The Balaban J connectivity index is 2.41. The topological polar surface area (TPSA) is 56.7 Å². The third-order valence-corrected chi connectivity index (χ3v) is 2.08. The van der Waals surface area contributed by atoms with E-state index in [2.05, 4.69) is 10.1 Å². The van der Waals surface area contributed by atoms with Crippen LogP contribution in [0, 0.1) is 0 Å². The molecule has 72 valence electrons. The lowest BCUT2D eigenvalue weighted by atomic mass is 10.1. The van der Waals surface area contributed by atoms with Gasteiger partial charge < -0.3 is 5.73 Å². The second-order valence-electron chi connectivity index (χ2n) is 3.22. The molecule has 1 aromatic carbocycles. The smallest absolute Gasteiger partial charge is 0.138 e. The van der Waals surface area contributed by atoms with Crippen molar-refractivity contribution in [2.45, 2.75) is 13.0 Å². The van der Waals surface area contributed by atoms with Crippen molar-refractivity contribution in [2.24, 2.45) is 5.73 Å². The van der Waals surface area contributed by atoms with Crippen LogP contribution >= 0.6 is 0 Å². The lowest BCUT2D eigenvalue weighted by Crippen LogP contribution is -2.05. The molecule has 0 aliphatic carbocycles. The molecule has 4 nitrogen and oxygen atoms in total. The summed E-state index contributed by atoms with van der Waals surface area (Å²) in [4.78, 5) is 3.89. The molecule has 0 amide bonds. The van der Waals surface area contributed by atoms with Crippen LogP contribution in [0.2, 0.25) is 0 Å². The maximum Gasteiger partial charge on any atom is 0.138 e. The molecule has 1 aromatic heterocycles. The Hall–Kier alpha value is -1.68. The summed E-state index contributed by atoms with van der Waals surface area (Å²) in [5.74, 6) is 0. The largest absolute Gasteiger partial charge is 0.324 e. The summed E-state index contributed by atoms with van der Waals surface area (Å²) < 4.78 is 1.71. The van der Waals surface area contributed by atoms with Crippen molar-refractivity contribution in [1.82, 2.24) is 14.8 Å². The maximum absolute atomic E-state index is 5.79. The van der Waals surface area contributed by atoms with Gasteiger partial charge >= 0.3 is 0 Å². The first kappa shape index (κ1) is 8.90. The summed E-state index contributed by atoms with van der Waals surface area (Å²) in [6, 6.07) is 8.00. The van der Waals surface area contributed by atoms with E-state index in [0.717, 1.165) is 11.3 Å². The minimum absolute atomic E-state index is 0.0403. The van der Waals surface area contributed by atoms with E-state index in [0.29, 0.717) is 0 Å². The number of nitrogens with zero attached hydrogens (tertiary/aromatic N) is 3. The molecule has 2 aromatic rings. The van der Waals surface area contributed by atoms with Crippen LogP contribution in [0.1, 0.15) is 18.5 Å². The van der Waals surface area contributed by atoms with Crippen molar-refractivity contribution in [3.63, 3.8) is 0 Å². The molecule has 0 saturated carbocycles. The number of hydrogen-bond acceptors (Lipinski definition) is 3. The minimum atomic E-state index is 0.0403. The lowest BCUT2D eigenvalue weighted by molar-refractivity contribution is 0.809. The summed E-state index contributed by atoms with van der Waals surface area (Å²) >= 11 is 0. The molecule has 0 bridgehead atoms. The Bertz CT molecular complexity index is 406. The predicted molar refractivity (Wildman–Crippen MR) is 54.0 cm³/mol. The molecule has 0 radical (unpaired) electrons. The Morgan fingerprint density at radius 1 is 1.43 bits per heavy atom. The van der Waals surface area contributed by atoms with Crippen LogP contribution in [0.3, 0.4) is 0 Å². The third kappa shape index (κ3) is 1.65. The van der Waals surface area contributed by atoms with E-state index < -0.39 is 0 Å². The highest BCUT2D eigenvalue weighted by atomic mass is 15.3. The molecular weight excluding hydrogens is 176 g/mol. The van der Waals surface area contributed by atoms with Crippen LogP contribution in [0.15, 0.2) is 36.9 Å². The number of hydrogen-bond donors (Lipinski definition) is 1. The number of aromatic nitrogens is 3. The van der Waals surface area contributed by atoms with Crippen LogP contribution in [0.4, 0.5) is 0 Å². The summed E-state index contributed by atoms with van der Waals surface area (Å²) in [6.45, 7) is 1.96. The summed E-state index contributed by atoms with van der Waals surface area (Å²) in [5.41, 5.74) is 7.87. The van der Waals surface area contributed by atoms with Gasteiger partial charge in [0.2, 0.25) is 0 Å². The van der Waals surface area contributed by atoms with Gasteiger partial charge in [0, 0.05) is 6.04 Å². The van der Waals surface area contributed by atoms with E-state index in [1.54, 1.807) is 11.0 Å². The van der Waals surface area contributed by atoms with E-state index in [9.17, 15) is 0 Å². The van der Waals surface area contributed by atoms with Gasteiger partial charge in [0.1, 0.15) is 12.7 Å². The van der Waals surface area contributed by atoms with Gasteiger partial charge in [-0.05, 0) is 24.6 Å². The third-order valence-electron chi connectivity index (χ3n) is 2.08. The molecule has 2 rings (SSSR count). The predicted octanol–water partition coefficient (Wildman–Crippen LogP) is 1.29. The zero-order valence-electron chi connectivity index (χ0n) is 7.96. The summed E-state index contributed by atoms with van der Waals surface area (Å²) in [6.07, 6.45) is 3.18. The molecule has 4 heteroatoms. The molecular formula is C10H12N4. The average molecular weight is 188 g/mol. The molecule has 14 heavy (non-hydrogen) atoms. The van der Waals surface area contributed by atoms with Crippen molar-refractivity contribution in [3.05, 3.63) is 42.5 Å². The second-order valence-corrected chi connectivity index (χ2v) is 3.22. The van der Waals surface area contributed by atoms with Crippen LogP contribution in [-0.4, -0.2) is 14.8 Å². The molecule has 1 heterocycles. The highest BCUT2D eigenvalue weighted by molar-refractivity contribution is 5.35. The standard InChI is InChI=1S/C10H12N4/c1-8(11)9-3-2-4-10(5-9)14-7-12-6-13-14/h2-8H,11H2,1H3/t8-/m1/s1. The average Bonchev–Trinajstić information content (AvgIpc) is 2.71. The zero-order chi connectivity index (χ0) is 9.97. The van der Waals surface area contributed by atoms with E-state index in [1.807, 2.05) is 31.2 Å². The fraction of sp³-hybridized carbons (Fsp3) is 0.200. The molecule has 0 spiro atoms. The SMILES string of the molecule is C[C@@H](N)c1cccc(-n2cncn2)c1. The Morgan fingerprint density at radius 2 is 2.29 bits per heavy atom. The Kier molecular flexibility index (Phi) is 2.28. The van der Waals surface area contributed by atoms with E-state index in [1.165, 1.54) is 6.33 Å². The van der Waals surface area contributed by atoms with Gasteiger partial charge in [-0.15, -0.1) is 0 Å². The van der Waals surface area contributed by atoms with Crippen LogP contribution in [0.25, 0.3) is 5.69 Å². The zero-order valence-corrected chi connectivity index (χ0v) is 7.96. The molecule has 0 unspecified atom stereocenters.